The molecule has 1 N–H and O–H groups in total. The third kappa shape index (κ3) is 3.20. The van der Waals surface area contributed by atoms with Gasteiger partial charge in [0.05, 0.1) is 7.11 Å². The molecule has 0 spiro atoms. The van der Waals surface area contributed by atoms with Crippen LogP contribution in [0.4, 0.5) is 5.69 Å². The summed E-state index contributed by atoms with van der Waals surface area (Å²) in [5, 5.41) is 9.52. The number of benzene rings is 1. The lowest BCUT2D eigenvalue weighted by Gasteiger charge is -2.39. The lowest BCUT2D eigenvalue weighted by molar-refractivity contribution is -0.138. The van der Waals surface area contributed by atoms with Gasteiger partial charge in [0.15, 0.2) is 5.78 Å². The predicted molar refractivity (Wildman–Crippen MR) is 90.6 cm³/mol. The van der Waals surface area contributed by atoms with Gasteiger partial charge in [-0.05, 0) is 49.4 Å². The normalized spacial score (nSPS) is 23.8. The summed E-state index contributed by atoms with van der Waals surface area (Å²) in [5.41, 5.74) is 0.925. The van der Waals surface area contributed by atoms with Gasteiger partial charge in [-0.15, -0.1) is 0 Å². The molecule has 1 aromatic carbocycles. The number of hydrogen-bond donors (Lipinski definition) is 1. The van der Waals surface area contributed by atoms with E-state index in [0.717, 1.165) is 24.9 Å². The molecule has 1 heterocycles. The second kappa shape index (κ2) is 6.91. The number of phenolic OH excluding ortho intramolecular Hbond substituents is 1. The Morgan fingerprint density at radius 3 is 2.62 bits per heavy atom. The van der Waals surface area contributed by atoms with Crippen LogP contribution in [0.25, 0.3) is 0 Å². The average Bonchev–Trinajstić information content (AvgIpc) is 2.62. The number of hydrogen-bond acceptors (Lipinski definition) is 5. The van der Waals surface area contributed by atoms with Crippen LogP contribution in [0.15, 0.2) is 48.2 Å². The Hall–Kier alpha value is -2.56. The van der Waals surface area contributed by atoms with Gasteiger partial charge in [-0.3, -0.25) is 4.79 Å². The number of ether oxygens (including phenoxy) is 1. The first-order valence-corrected chi connectivity index (χ1v) is 8.16. The van der Waals surface area contributed by atoms with Crippen molar-refractivity contribution in [2.75, 3.05) is 12.0 Å². The zero-order chi connectivity index (χ0) is 17.1. The second-order valence-corrected chi connectivity index (χ2v) is 6.20. The molecule has 0 bridgehead atoms. The smallest absolute Gasteiger partial charge is 0.343 e. The molecule has 0 fully saturated rings. The fourth-order valence-electron chi connectivity index (χ4n) is 3.43. The Morgan fingerprint density at radius 1 is 1.25 bits per heavy atom. The number of phenols is 1. The standard InChI is InChI=1S/C19H21NO4/c1-24-19(23)16-12-20(14-7-9-15(21)10-8-14)17(11-18(16)22)13-5-3-2-4-6-13/h2-3,7-10,12-13,17,21H,4-6,11H2,1H3. The van der Waals surface area contributed by atoms with Gasteiger partial charge in [0.2, 0.25) is 0 Å². The van der Waals surface area contributed by atoms with Gasteiger partial charge in [0.25, 0.3) is 0 Å². The van der Waals surface area contributed by atoms with Crippen molar-refractivity contribution in [3.05, 3.63) is 48.2 Å². The lowest BCUT2D eigenvalue weighted by Crippen LogP contribution is -2.44. The van der Waals surface area contributed by atoms with Crippen molar-refractivity contribution in [2.24, 2.45) is 5.92 Å². The van der Waals surface area contributed by atoms with E-state index >= 15 is 0 Å². The van der Waals surface area contributed by atoms with Gasteiger partial charge < -0.3 is 14.7 Å². The molecule has 2 aliphatic rings. The van der Waals surface area contributed by atoms with Crippen LogP contribution in [0.5, 0.6) is 5.75 Å². The second-order valence-electron chi connectivity index (χ2n) is 6.20. The highest BCUT2D eigenvalue weighted by molar-refractivity contribution is 6.18. The van der Waals surface area contributed by atoms with Crippen LogP contribution >= 0.6 is 0 Å². The van der Waals surface area contributed by atoms with Gasteiger partial charge in [0, 0.05) is 24.4 Å². The molecule has 1 aliphatic heterocycles. The quantitative estimate of drug-likeness (QED) is 0.525. The fourth-order valence-corrected chi connectivity index (χ4v) is 3.43. The molecule has 0 amide bonds. The van der Waals surface area contributed by atoms with Crippen LogP contribution in [-0.2, 0) is 14.3 Å². The summed E-state index contributed by atoms with van der Waals surface area (Å²) in [4.78, 5) is 26.3. The molecule has 1 aliphatic carbocycles. The summed E-state index contributed by atoms with van der Waals surface area (Å²) in [6.45, 7) is 0. The van der Waals surface area contributed by atoms with E-state index in [1.165, 1.54) is 7.11 Å². The van der Waals surface area contributed by atoms with Crippen molar-refractivity contribution in [1.82, 2.24) is 0 Å². The summed E-state index contributed by atoms with van der Waals surface area (Å²) < 4.78 is 4.74. The fraction of sp³-hybridized carbons (Fsp3) is 0.368. The topological polar surface area (TPSA) is 66.8 Å². The molecule has 5 heteroatoms. The van der Waals surface area contributed by atoms with Gasteiger partial charge in [-0.2, -0.15) is 0 Å². The zero-order valence-electron chi connectivity index (χ0n) is 13.6. The Balaban J connectivity index is 1.99. The van der Waals surface area contributed by atoms with Crippen molar-refractivity contribution in [3.63, 3.8) is 0 Å². The number of methoxy groups -OCH3 is 1. The van der Waals surface area contributed by atoms with E-state index in [2.05, 4.69) is 12.2 Å². The van der Waals surface area contributed by atoms with Crippen LogP contribution in [0.1, 0.15) is 25.7 Å². The average molecular weight is 327 g/mol. The lowest BCUT2D eigenvalue weighted by atomic mass is 9.82. The summed E-state index contributed by atoms with van der Waals surface area (Å²) in [6.07, 6.45) is 9.17. The molecule has 3 rings (SSSR count). The van der Waals surface area contributed by atoms with E-state index in [0.29, 0.717) is 12.3 Å². The molecular weight excluding hydrogens is 306 g/mol. The molecule has 24 heavy (non-hydrogen) atoms. The number of esters is 1. The monoisotopic (exact) mass is 327 g/mol. The maximum absolute atomic E-state index is 12.4. The van der Waals surface area contributed by atoms with Crippen molar-refractivity contribution < 1.29 is 19.4 Å². The van der Waals surface area contributed by atoms with Crippen LogP contribution in [-0.4, -0.2) is 30.0 Å². The molecule has 1 aromatic rings. The van der Waals surface area contributed by atoms with Crippen LogP contribution in [0, 0.1) is 5.92 Å². The zero-order valence-corrected chi connectivity index (χ0v) is 13.6. The first-order valence-electron chi connectivity index (χ1n) is 8.16. The summed E-state index contributed by atoms with van der Waals surface area (Å²) in [7, 11) is 1.28. The first-order chi connectivity index (χ1) is 11.6. The minimum Gasteiger partial charge on any atom is -0.508 e. The minimum atomic E-state index is -0.606. The first kappa shape index (κ1) is 16.3. The number of allylic oxidation sites excluding steroid dienone is 2. The molecule has 0 aromatic heterocycles. The Morgan fingerprint density at radius 2 is 2.00 bits per heavy atom. The van der Waals surface area contributed by atoms with Gasteiger partial charge >= 0.3 is 5.97 Å². The predicted octanol–water partition coefficient (Wildman–Crippen LogP) is 2.95. The number of carbonyl (C=O) groups excluding carboxylic acids is 2. The highest BCUT2D eigenvalue weighted by Crippen LogP contribution is 2.35. The maximum Gasteiger partial charge on any atom is 0.343 e. The minimum absolute atomic E-state index is 0.000369. The number of aromatic hydroxyl groups is 1. The number of carbonyl (C=O) groups is 2. The molecule has 5 nitrogen and oxygen atoms in total. The van der Waals surface area contributed by atoms with E-state index in [4.69, 9.17) is 4.74 Å². The van der Waals surface area contributed by atoms with E-state index in [1.807, 2.05) is 4.90 Å². The van der Waals surface area contributed by atoms with Crippen LogP contribution in [0.3, 0.4) is 0 Å². The number of ketones is 1. The SMILES string of the molecule is COC(=O)C1=CN(c2ccc(O)cc2)C(C2CC=CCC2)CC1=O. The van der Waals surface area contributed by atoms with Crippen molar-refractivity contribution in [3.8, 4) is 5.75 Å². The van der Waals surface area contributed by atoms with E-state index in [1.54, 1.807) is 30.5 Å². The molecule has 0 radical (unpaired) electrons. The van der Waals surface area contributed by atoms with Gasteiger partial charge in [0.1, 0.15) is 11.3 Å². The molecule has 0 saturated carbocycles. The van der Waals surface area contributed by atoms with Crippen molar-refractivity contribution >= 4 is 17.4 Å². The van der Waals surface area contributed by atoms with Crippen LogP contribution in [0.2, 0.25) is 0 Å². The van der Waals surface area contributed by atoms with Gasteiger partial charge in [-0.1, -0.05) is 12.2 Å². The van der Waals surface area contributed by atoms with Crippen molar-refractivity contribution in [1.29, 1.82) is 0 Å². The summed E-state index contributed by atoms with van der Waals surface area (Å²) in [6, 6.07) is 6.80. The highest BCUT2D eigenvalue weighted by Gasteiger charge is 2.36. The largest absolute Gasteiger partial charge is 0.508 e. The number of rotatable bonds is 3. The Bertz CT molecular complexity index is 690. The molecule has 0 saturated heterocycles. The van der Waals surface area contributed by atoms with E-state index in [9.17, 15) is 14.7 Å². The molecule has 2 atom stereocenters. The number of anilines is 1. The third-order valence-electron chi connectivity index (χ3n) is 4.73. The third-order valence-corrected chi connectivity index (χ3v) is 4.73. The molecular formula is C19H21NO4. The highest BCUT2D eigenvalue weighted by atomic mass is 16.5. The van der Waals surface area contributed by atoms with Crippen molar-refractivity contribution in [2.45, 2.75) is 31.7 Å². The summed E-state index contributed by atoms with van der Waals surface area (Å²) >= 11 is 0. The molecule has 2 unspecified atom stereocenters. The van der Waals surface area contributed by atoms with E-state index < -0.39 is 5.97 Å². The van der Waals surface area contributed by atoms with Gasteiger partial charge in [-0.25, -0.2) is 4.79 Å². The molecule has 126 valence electrons. The summed E-state index contributed by atoms with van der Waals surface area (Å²) in [5.74, 6) is -0.244. The van der Waals surface area contributed by atoms with E-state index in [-0.39, 0.29) is 23.1 Å². The van der Waals surface area contributed by atoms with Crippen LogP contribution < -0.4 is 4.90 Å². The Kier molecular flexibility index (Phi) is 4.69. The Labute approximate surface area is 141 Å². The maximum atomic E-state index is 12.4. The number of Topliss-reactive ketones (excluding diaryl/α,β-unsaturated/α-hetero) is 1. The number of nitrogens with zero attached hydrogens (tertiary/aromatic N) is 1.